The first-order valence-electron chi connectivity index (χ1n) is 5.71. The highest BCUT2D eigenvalue weighted by atomic mass is 32.2. The Kier molecular flexibility index (Phi) is 2.74. The largest absolute Gasteiger partial charge is 0.353 e. The lowest BCUT2D eigenvalue weighted by Crippen LogP contribution is -2.24. The molecular weight excluding hydrogens is 218 g/mol. The molecule has 0 amide bonds. The minimum atomic E-state index is 0.585. The number of para-hydroxylation sites is 2. The number of rotatable bonds is 2. The molecule has 4 heteroatoms. The van der Waals surface area contributed by atoms with Crippen molar-refractivity contribution in [2.45, 2.75) is 18.9 Å². The van der Waals surface area contributed by atoms with Crippen molar-refractivity contribution in [3.8, 4) is 0 Å². The highest BCUT2D eigenvalue weighted by Crippen LogP contribution is 2.21. The number of aromatic amines is 1. The van der Waals surface area contributed by atoms with Crippen LogP contribution >= 0.6 is 11.8 Å². The molecule has 0 unspecified atom stereocenters. The van der Waals surface area contributed by atoms with Gasteiger partial charge in [0, 0.05) is 6.04 Å². The molecule has 1 aromatic carbocycles. The molecule has 0 spiro atoms. The van der Waals surface area contributed by atoms with Crippen LogP contribution in [0.3, 0.4) is 0 Å². The number of H-pyrrole nitrogens is 1. The minimum Gasteiger partial charge on any atom is -0.353 e. The lowest BCUT2D eigenvalue weighted by Gasteiger charge is -2.21. The monoisotopic (exact) mass is 233 g/mol. The molecule has 1 aliphatic rings. The van der Waals surface area contributed by atoms with Gasteiger partial charge >= 0.3 is 0 Å². The van der Waals surface area contributed by atoms with Crippen molar-refractivity contribution in [3.63, 3.8) is 0 Å². The Hall–Kier alpha value is -1.16. The highest BCUT2D eigenvalue weighted by molar-refractivity contribution is 7.99. The molecule has 84 valence electrons. The van der Waals surface area contributed by atoms with Crippen molar-refractivity contribution in [3.05, 3.63) is 24.3 Å². The van der Waals surface area contributed by atoms with Crippen LogP contribution in [0.25, 0.3) is 11.0 Å². The summed E-state index contributed by atoms with van der Waals surface area (Å²) < 4.78 is 0. The van der Waals surface area contributed by atoms with Crippen molar-refractivity contribution in [2.24, 2.45) is 0 Å². The van der Waals surface area contributed by atoms with Crippen molar-refractivity contribution in [1.82, 2.24) is 9.97 Å². The van der Waals surface area contributed by atoms with Gasteiger partial charge in [-0.1, -0.05) is 12.1 Å². The van der Waals surface area contributed by atoms with Gasteiger partial charge in [-0.3, -0.25) is 0 Å². The summed E-state index contributed by atoms with van der Waals surface area (Å²) in [5.74, 6) is 3.44. The summed E-state index contributed by atoms with van der Waals surface area (Å²) in [6.07, 6.45) is 2.48. The maximum atomic E-state index is 4.53. The first kappa shape index (κ1) is 10.0. The van der Waals surface area contributed by atoms with Gasteiger partial charge in [0.1, 0.15) is 0 Å². The van der Waals surface area contributed by atoms with Crippen LogP contribution in [-0.2, 0) is 0 Å². The Morgan fingerprint density at radius 1 is 1.25 bits per heavy atom. The summed E-state index contributed by atoms with van der Waals surface area (Å²) in [6.45, 7) is 0. The van der Waals surface area contributed by atoms with Crippen LogP contribution in [0.5, 0.6) is 0 Å². The van der Waals surface area contributed by atoms with Crippen molar-refractivity contribution >= 4 is 28.7 Å². The number of imidazole rings is 1. The summed E-state index contributed by atoms with van der Waals surface area (Å²) >= 11 is 2.04. The van der Waals surface area contributed by atoms with E-state index in [0.717, 1.165) is 17.0 Å². The summed E-state index contributed by atoms with van der Waals surface area (Å²) in [7, 11) is 0. The highest BCUT2D eigenvalue weighted by Gasteiger charge is 2.14. The summed E-state index contributed by atoms with van der Waals surface area (Å²) in [5.41, 5.74) is 2.14. The maximum Gasteiger partial charge on any atom is 0.201 e. The molecule has 1 aromatic heterocycles. The van der Waals surface area contributed by atoms with Crippen LogP contribution in [0.4, 0.5) is 5.95 Å². The Labute approximate surface area is 99.0 Å². The number of fused-ring (bicyclic) bond motifs is 1. The number of nitrogens with one attached hydrogen (secondary N) is 2. The zero-order chi connectivity index (χ0) is 10.8. The van der Waals surface area contributed by atoms with Crippen LogP contribution < -0.4 is 5.32 Å². The molecule has 1 fully saturated rings. The van der Waals surface area contributed by atoms with Crippen LogP contribution in [0.2, 0.25) is 0 Å². The molecule has 1 saturated heterocycles. The van der Waals surface area contributed by atoms with E-state index in [2.05, 4.69) is 21.4 Å². The van der Waals surface area contributed by atoms with E-state index in [0.29, 0.717) is 6.04 Å². The van der Waals surface area contributed by atoms with Gasteiger partial charge in [0.25, 0.3) is 0 Å². The molecule has 0 atom stereocenters. The van der Waals surface area contributed by atoms with Crippen molar-refractivity contribution in [1.29, 1.82) is 0 Å². The normalized spacial score (nSPS) is 17.8. The van der Waals surface area contributed by atoms with Crippen molar-refractivity contribution < 1.29 is 0 Å². The maximum absolute atomic E-state index is 4.53. The molecule has 2 aromatic rings. The van der Waals surface area contributed by atoms with Gasteiger partial charge in [-0.2, -0.15) is 11.8 Å². The van der Waals surface area contributed by atoms with E-state index < -0.39 is 0 Å². The van der Waals surface area contributed by atoms with Gasteiger partial charge < -0.3 is 10.3 Å². The average molecular weight is 233 g/mol. The molecule has 0 bridgehead atoms. The van der Waals surface area contributed by atoms with E-state index in [1.165, 1.54) is 24.3 Å². The number of thioether (sulfide) groups is 1. The smallest absolute Gasteiger partial charge is 0.201 e. The molecule has 1 aliphatic heterocycles. The van der Waals surface area contributed by atoms with E-state index in [1.54, 1.807) is 0 Å². The van der Waals surface area contributed by atoms with Crippen LogP contribution in [0.15, 0.2) is 24.3 Å². The SMILES string of the molecule is c1ccc2[nH]c(NC3CCSCC3)nc2c1. The second kappa shape index (κ2) is 4.37. The fourth-order valence-corrected chi connectivity index (χ4v) is 3.16. The molecule has 2 heterocycles. The van der Waals surface area contributed by atoms with Crippen LogP contribution in [-0.4, -0.2) is 27.5 Å². The molecule has 3 rings (SSSR count). The number of hydrogen-bond acceptors (Lipinski definition) is 3. The molecule has 16 heavy (non-hydrogen) atoms. The molecular formula is C12H15N3S. The summed E-state index contributed by atoms with van der Waals surface area (Å²) in [6, 6.07) is 8.73. The fourth-order valence-electron chi connectivity index (χ4n) is 2.06. The Morgan fingerprint density at radius 3 is 2.88 bits per heavy atom. The van der Waals surface area contributed by atoms with Gasteiger partial charge in [0.05, 0.1) is 11.0 Å². The topological polar surface area (TPSA) is 40.7 Å². The minimum absolute atomic E-state index is 0.585. The zero-order valence-corrected chi connectivity index (χ0v) is 9.89. The Bertz CT molecular complexity index is 441. The quantitative estimate of drug-likeness (QED) is 0.838. The van der Waals surface area contributed by atoms with Gasteiger partial charge in [0.15, 0.2) is 0 Å². The van der Waals surface area contributed by atoms with E-state index in [-0.39, 0.29) is 0 Å². The summed E-state index contributed by atoms with van der Waals surface area (Å²) in [5, 5.41) is 3.49. The molecule has 0 aliphatic carbocycles. The van der Waals surface area contributed by atoms with Gasteiger partial charge in [0.2, 0.25) is 5.95 Å². The number of nitrogens with zero attached hydrogens (tertiary/aromatic N) is 1. The third-order valence-electron chi connectivity index (χ3n) is 2.95. The van der Waals surface area contributed by atoms with E-state index in [9.17, 15) is 0 Å². The molecule has 0 saturated carbocycles. The van der Waals surface area contributed by atoms with Gasteiger partial charge in [-0.15, -0.1) is 0 Å². The number of aromatic nitrogens is 2. The lowest BCUT2D eigenvalue weighted by atomic mass is 10.2. The first-order valence-corrected chi connectivity index (χ1v) is 6.86. The van der Waals surface area contributed by atoms with Gasteiger partial charge in [-0.05, 0) is 36.5 Å². The predicted molar refractivity (Wildman–Crippen MR) is 70.1 cm³/mol. The number of hydrogen-bond donors (Lipinski definition) is 2. The molecule has 3 nitrogen and oxygen atoms in total. The molecule has 2 N–H and O–H groups in total. The number of benzene rings is 1. The number of anilines is 1. The standard InChI is InChI=1S/C12H15N3S/c1-2-4-11-10(3-1)14-12(15-11)13-9-5-7-16-8-6-9/h1-4,9H,5-8H2,(H2,13,14,15). The lowest BCUT2D eigenvalue weighted by molar-refractivity contribution is 0.662. The second-order valence-electron chi connectivity index (χ2n) is 4.13. The Morgan fingerprint density at radius 2 is 2.06 bits per heavy atom. The third kappa shape index (κ3) is 2.02. The van der Waals surface area contributed by atoms with Gasteiger partial charge in [-0.25, -0.2) is 4.98 Å². The van der Waals surface area contributed by atoms with Crippen LogP contribution in [0.1, 0.15) is 12.8 Å². The van der Waals surface area contributed by atoms with E-state index >= 15 is 0 Å². The zero-order valence-electron chi connectivity index (χ0n) is 9.07. The third-order valence-corrected chi connectivity index (χ3v) is 4.00. The first-order chi connectivity index (χ1) is 7.92. The van der Waals surface area contributed by atoms with Crippen molar-refractivity contribution in [2.75, 3.05) is 16.8 Å². The Balaban J connectivity index is 1.78. The van der Waals surface area contributed by atoms with E-state index in [4.69, 9.17) is 0 Å². The molecule has 0 radical (unpaired) electrons. The van der Waals surface area contributed by atoms with Crippen LogP contribution in [0, 0.1) is 0 Å². The second-order valence-corrected chi connectivity index (χ2v) is 5.36. The fraction of sp³-hybridized carbons (Fsp3) is 0.417. The predicted octanol–water partition coefficient (Wildman–Crippen LogP) is 2.87. The van der Waals surface area contributed by atoms with E-state index in [1.807, 2.05) is 30.0 Å². The average Bonchev–Trinajstić information content (AvgIpc) is 2.72. The summed E-state index contributed by atoms with van der Waals surface area (Å²) in [4.78, 5) is 7.85.